The number of nitrogens with two attached hydrogens (primary N) is 1. The van der Waals surface area contributed by atoms with Crippen molar-refractivity contribution in [3.05, 3.63) is 24.3 Å². The van der Waals surface area contributed by atoms with E-state index in [2.05, 4.69) is 15.0 Å². The van der Waals surface area contributed by atoms with Crippen LogP contribution in [0.25, 0.3) is 0 Å². The molecule has 1 rings (SSSR count). The minimum absolute atomic E-state index is 0.196. The number of carbonyl (C=O) groups excluding carboxylic acids is 1. The molecule has 6 nitrogen and oxygen atoms in total. The van der Waals surface area contributed by atoms with Gasteiger partial charge < -0.3 is 20.5 Å². The largest absolute Gasteiger partial charge is 0.497 e. The van der Waals surface area contributed by atoms with Gasteiger partial charge in [0.2, 0.25) is 0 Å². The Labute approximate surface area is 119 Å². The van der Waals surface area contributed by atoms with Gasteiger partial charge in [-0.05, 0) is 37.1 Å². The average molecular weight is 279 g/mol. The van der Waals surface area contributed by atoms with Crippen LogP contribution in [0.5, 0.6) is 5.75 Å². The molecule has 1 aromatic carbocycles. The van der Waals surface area contributed by atoms with E-state index in [1.165, 1.54) is 7.11 Å². The smallest absolute Gasteiger partial charge is 0.305 e. The number of benzene rings is 1. The summed E-state index contributed by atoms with van der Waals surface area (Å²) in [6.45, 7) is 0.575. The number of rotatable bonds is 7. The Kier molecular flexibility index (Phi) is 6.95. The van der Waals surface area contributed by atoms with Gasteiger partial charge in [0.1, 0.15) is 5.75 Å². The number of guanidine groups is 1. The first kappa shape index (κ1) is 15.8. The fraction of sp³-hybridized carbons (Fsp3) is 0.429. The molecule has 6 heteroatoms. The summed E-state index contributed by atoms with van der Waals surface area (Å²) in [6.07, 6.45) is 1.95. The molecule has 0 aliphatic carbocycles. The Balaban J connectivity index is 2.28. The van der Waals surface area contributed by atoms with Crippen molar-refractivity contribution in [1.29, 1.82) is 0 Å². The maximum Gasteiger partial charge on any atom is 0.305 e. The molecule has 0 aliphatic heterocycles. The summed E-state index contributed by atoms with van der Waals surface area (Å²) in [5.41, 5.74) is 6.61. The van der Waals surface area contributed by atoms with Gasteiger partial charge >= 0.3 is 5.97 Å². The van der Waals surface area contributed by atoms with E-state index in [1.807, 2.05) is 24.3 Å². The molecule has 110 valence electrons. The topological polar surface area (TPSA) is 85.9 Å². The summed E-state index contributed by atoms with van der Waals surface area (Å²) in [7, 11) is 3.00. The molecular weight excluding hydrogens is 258 g/mol. The highest BCUT2D eigenvalue weighted by atomic mass is 16.5. The third-order valence-electron chi connectivity index (χ3n) is 2.66. The quantitative estimate of drug-likeness (QED) is 0.344. The fourth-order valence-corrected chi connectivity index (χ4v) is 1.54. The highest BCUT2D eigenvalue weighted by molar-refractivity contribution is 5.92. The maximum atomic E-state index is 10.9. The minimum atomic E-state index is -0.196. The van der Waals surface area contributed by atoms with Crippen LogP contribution in [0.3, 0.4) is 0 Å². The predicted molar refractivity (Wildman–Crippen MR) is 79.0 cm³/mol. The highest BCUT2D eigenvalue weighted by Crippen LogP contribution is 2.14. The van der Waals surface area contributed by atoms with Crippen molar-refractivity contribution < 1.29 is 14.3 Å². The molecule has 0 spiro atoms. The molecule has 0 heterocycles. The van der Waals surface area contributed by atoms with E-state index in [4.69, 9.17) is 10.5 Å². The van der Waals surface area contributed by atoms with Crippen LogP contribution in [0, 0.1) is 0 Å². The molecule has 0 fully saturated rings. The molecule has 0 aliphatic rings. The van der Waals surface area contributed by atoms with Crippen LogP contribution in [0.15, 0.2) is 29.3 Å². The normalized spacial score (nSPS) is 11.0. The van der Waals surface area contributed by atoms with Gasteiger partial charge in [-0.2, -0.15) is 0 Å². The van der Waals surface area contributed by atoms with Gasteiger partial charge in [-0.15, -0.1) is 0 Å². The van der Waals surface area contributed by atoms with Crippen LogP contribution in [-0.2, 0) is 9.53 Å². The van der Waals surface area contributed by atoms with Gasteiger partial charge in [0.05, 0.1) is 14.2 Å². The number of esters is 1. The maximum absolute atomic E-state index is 10.9. The van der Waals surface area contributed by atoms with Crippen molar-refractivity contribution in [3.8, 4) is 5.75 Å². The van der Waals surface area contributed by atoms with Gasteiger partial charge in [0.15, 0.2) is 5.96 Å². The number of nitrogens with zero attached hydrogens (tertiary/aromatic N) is 1. The summed E-state index contributed by atoms with van der Waals surface area (Å²) in [5, 5.41) is 2.98. The lowest BCUT2D eigenvalue weighted by Crippen LogP contribution is -2.22. The number of hydrogen-bond acceptors (Lipinski definition) is 4. The molecule has 0 bridgehead atoms. The molecule has 0 unspecified atom stereocenters. The van der Waals surface area contributed by atoms with Crippen LogP contribution >= 0.6 is 0 Å². The summed E-state index contributed by atoms with van der Waals surface area (Å²) < 4.78 is 9.62. The number of anilines is 1. The molecule has 0 radical (unpaired) electrons. The molecule has 1 aromatic rings. The summed E-state index contributed by atoms with van der Waals surface area (Å²) >= 11 is 0. The summed E-state index contributed by atoms with van der Waals surface area (Å²) in [6, 6.07) is 7.40. The van der Waals surface area contributed by atoms with Crippen molar-refractivity contribution in [1.82, 2.24) is 0 Å². The van der Waals surface area contributed by atoms with Crippen molar-refractivity contribution in [2.45, 2.75) is 19.3 Å². The second kappa shape index (κ2) is 8.79. The van der Waals surface area contributed by atoms with Crippen molar-refractivity contribution in [3.63, 3.8) is 0 Å². The van der Waals surface area contributed by atoms with Gasteiger partial charge in [-0.1, -0.05) is 0 Å². The predicted octanol–water partition coefficient (Wildman–Crippen LogP) is 1.77. The zero-order valence-electron chi connectivity index (χ0n) is 11.9. The van der Waals surface area contributed by atoms with Gasteiger partial charge in [0, 0.05) is 18.7 Å². The molecule has 20 heavy (non-hydrogen) atoms. The van der Waals surface area contributed by atoms with E-state index < -0.39 is 0 Å². The molecule has 0 aromatic heterocycles. The van der Waals surface area contributed by atoms with E-state index in [9.17, 15) is 4.79 Å². The Morgan fingerprint density at radius 1 is 1.25 bits per heavy atom. The highest BCUT2D eigenvalue weighted by Gasteiger charge is 1.99. The van der Waals surface area contributed by atoms with Crippen molar-refractivity contribution in [2.24, 2.45) is 10.7 Å². The Hall–Kier alpha value is -2.24. The standard InChI is InChI=1S/C14H21N3O3/c1-19-12-8-6-11(7-9-12)17-14(15)16-10-4-3-5-13(18)20-2/h6-9H,3-5,10H2,1-2H3,(H3,15,16,17). The number of methoxy groups -OCH3 is 2. The fourth-order valence-electron chi connectivity index (χ4n) is 1.54. The van der Waals surface area contributed by atoms with Gasteiger partial charge in [-0.25, -0.2) is 0 Å². The van der Waals surface area contributed by atoms with Gasteiger partial charge in [-0.3, -0.25) is 9.79 Å². The van der Waals surface area contributed by atoms with Crippen LogP contribution in [0.1, 0.15) is 19.3 Å². The van der Waals surface area contributed by atoms with E-state index >= 15 is 0 Å². The van der Waals surface area contributed by atoms with Crippen LogP contribution < -0.4 is 15.8 Å². The van der Waals surface area contributed by atoms with Crippen LogP contribution in [0.4, 0.5) is 5.69 Å². The summed E-state index contributed by atoms with van der Waals surface area (Å²) in [4.78, 5) is 15.1. The third-order valence-corrected chi connectivity index (χ3v) is 2.66. The molecule has 3 N–H and O–H groups in total. The van der Waals surface area contributed by atoms with Gasteiger partial charge in [0.25, 0.3) is 0 Å². The molecule has 0 atom stereocenters. The van der Waals surface area contributed by atoms with Crippen molar-refractivity contribution in [2.75, 3.05) is 26.1 Å². The zero-order valence-corrected chi connectivity index (χ0v) is 11.9. The number of aliphatic imine (C=N–C) groups is 1. The first-order valence-corrected chi connectivity index (χ1v) is 6.43. The third kappa shape index (κ3) is 6.08. The lowest BCUT2D eigenvalue weighted by atomic mass is 10.2. The lowest BCUT2D eigenvalue weighted by molar-refractivity contribution is -0.140. The second-order valence-electron chi connectivity index (χ2n) is 4.15. The lowest BCUT2D eigenvalue weighted by Gasteiger charge is -2.06. The molecule has 0 amide bonds. The molecular formula is C14H21N3O3. The Morgan fingerprint density at radius 3 is 2.55 bits per heavy atom. The summed E-state index contributed by atoms with van der Waals surface area (Å²) in [5.74, 6) is 0.945. The van der Waals surface area contributed by atoms with Crippen LogP contribution in [-0.4, -0.2) is 32.7 Å². The van der Waals surface area contributed by atoms with Crippen LogP contribution in [0.2, 0.25) is 0 Å². The first-order valence-electron chi connectivity index (χ1n) is 6.43. The first-order chi connectivity index (χ1) is 9.65. The Morgan fingerprint density at radius 2 is 1.95 bits per heavy atom. The molecule has 0 saturated carbocycles. The number of ether oxygens (including phenoxy) is 2. The number of hydrogen-bond donors (Lipinski definition) is 2. The number of unbranched alkanes of at least 4 members (excludes halogenated alkanes) is 1. The zero-order chi connectivity index (χ0) is 14.8. The number of carbonyl (C=O) groups is 1. The molecule has 0 saturated heterocycles. The Bertz CT molecular complexity index is 443. The van der Waals surface area contributed by atoms with E-state index in [-0.39, 0.29) is 5.97 Å². The average Bonchev–Trinajstić information content (AvgIpc) is 2.47. The SMILES string of the molecule is COC(=O)CCCCN=C(N)Nc1ccc(OC)cc1. The van der Waals surface area contributed by atoms with E-state index in [1.54, 1.807) is 7.11 Å². The van der Waals surface area contributed by atoms with E-state index in [0.717, 1.165) is 24.3 Å². The monoisotopic (exact) mass is 279 g/mol. The van der Waals surface area contributed by atoms with Crippen molar-refractivity contribution >= 4 is 17.6 Å². The minimum Gasteiger partial charge on any atom is -0.497 e. The number of nitrogens with one attached hydrogen (secondary N) is 1. The second-order valence-corrected chi connectivity index (χ2v) is 4.15. The van der Waals surface area contributed by atoms with E-state index in [0.29, 0.717) is 18.9 Å².